The van der Waals surface area contributed by atoms with Crippen LogP contribution >= 0.6 is 43.6 Å². The SMILES string of the molecule is CCOc1c(Br)cc(Br)cc1CNCCCCCSC. The Morgan fingerprint density at radius 2 is 2.00 bits per heavy atom. The Morgan fingerprint density at radius 1 is 1.20 bits per heavy atom. The normalized spacial score (nSPS) is 10.8. The molecule has 0 aliphatic heterocycles. The number of rotatable bonds is 10. The highest BCUT2D eigenvalue weighted by atomic mass is 79.9. The highest BCUT2D eigenvalue weighted by Crippen LogP contribution is 2.32. The number of nitrogens with one attached hydrogen (secondary N) is 1. The minimum Gasteiger partial charge on any atom is -0.492 e. The molecule has 0 spiro atoms. The third-order valence-electron chi connectivity index (χ3n) is 2.89. The monoisotopic (exact) mass is 423 g/mol. The fraction of sp³-hybridized carbons (Fsp3) is 0.600. The maximum Gasteiger partial charge on any atom is 0.138 e. The Kier molecular flexibility index (Phi) is 10.0. The average Bonchev–Trinajstić information content (AvgIpc) is 2.41. The van der Waals surface area contributed by atoms with Gasteiger partial charge in [-0.05, 0) is 66.4 Å². The number of halogens is 2. The van der Waals surface area contributed by atoms with Gasteiger partial charge in [-0.1, -0.05) is 22.4 Å². The molecular formula is C15H23Br2NOS. The zero-order valence-corrected chi connectivity index (χ0v) is 16.2. The molecule has 1 aromatic rings. The molecule has 0 radical (unpaired) electrons. The number of hydrogen-bond donors (Lipinski definition) is 1. The van der Waals surface area contributed by atoms with Gasteiger partial charge in [-0.2, -0.15) is 11.8 Å². The van der Waals surface area contributed by atoms with Gasteiger partial charge in [0.25, 0.3) is 0 Å². The Labute approximate surface area is 143 Å². The van der Waals surface area contributed by atoms with E-state index < -0.39 is 0 Å². The van der Waals surface area contributed by atoms with Gasteiger partial charge in [-0.3, -0.25) is 0 Å². The maximum atomic E-state index is 5.72. The van der Waals surface area contributed by atoms with Crippen LogP contribution in [0.5, 0.6) is 5.75 Å². The molecule has 0 saturated heterocycles. The molecule has 1 rings (SSSR count). The molecule has 0 amide bonds. The summed E-state index contributed by atoms with van der Waals surface area (Å²) < 4.78 is 7.80. The summed E-state index contributed by atoms with van der Waals surface area (Å²) in [5, 5.41) is 3.50. The first-order valence-corrected chi connectivity index (χ1v) is 9.97. The zero-order valence-electron chi connectivity index (χ0n) is 12.2. The second-order valence-corrected chi connectivity index (χ2v) is 7.29. The van der Waals surface area contributed by atoms with Gasteiger partial charge in [0.1, 0.15) is 5.75 Å². The van der Waals surface area contributed by atoms with Crippen LogP contribution in [0.15, 0.2) is 21.1 Å². The minimum atomic E-state index is 0.682. The Morgan fingerprint density at radius 3 is 2.70 bits per heavy atom. The fourth-order valence-electron chi connectivity index (χ4n) is 1.95. The number of unbranched alkanes of at least 4 members (excludes halogenated alkanes) is 2. The highest BCUT2D eigenvalue weighted by Gasteiger charge is 2.09. The second-order valence-electron chi connectivity index (χ2n) is 4.54. The van der Waals surface area contributed by atoms with Gasteiger partial charge in [0.2, 0.25) is 0 Å². The fourth-order valence-corrected chi connectivity index (χ4v) is 3.87. The van der Waals surface area contributed by atoms with Crippen molar-refractivity contribution in [3.63, 3.8) is 0 Å². The molecule has 0 unspecified atom stereocenters. The third-order valence-corrected chi connectivity index (χ3v) is 4.64. The first-order chi connectivity index (χ1) is 9.69. The minimum absolute atomic E-state index is 0.682. The van der Waals surface area contributed by atoms with Crippen LogP contribution in [0.4, 0.5) is 0 Å². The van der Waals surface area contributed by atoms with Crippen molar-refractivity contribution in [1.29, 1.82) is 0 Å². The third kappa shape index (κ3) is 6.83. The smallest absolute Gasteiger partial charge is 0.138 e. The highest BCUT2D eigenvalue weighted by molar-refractivity contribution is 9.11. The van der Waals surface area contributed by atoms with Crippen molar-refractivity contribution in [3.8, 4) is 5.75 Å². The molecule has 5 heteroatoms. The lowest BCUT2D eigenvalue weighted by Gasteiger charge is -2.13. The number of thioether (sulfide) groups is 1. The number of hydrogen-bond acceptors (Lipinski definition) is 3. The van der Waals surface area contributed by atoms with Gasteiger partial charge < -0.3 is 10.1 Å². The summed E-state index contributed by atoms with van der Waals surface area (Å²) >= 11 is 9.02. The summed E-state index contributed by atoms with van der Waals surface area (Å²) in [5.74, 6) is 2.22. The molecule has 1 aromatic carbocycles. The van der Waals surface area contributed by atoms with Crippen molar-refractivity contribution in [2.45, 2.75) is 32.7 Å². The predicted molar refractivity (Wildman–Crippen MR) is 97.0 cm³/mol. The molecule has 2 nitrogen and oxygen atoms in total. The van der Waals surface area contributed by atoms with Gasteiger partial charge in [0.15, 0.2) is 0 Å². The van der Waals surface area contributed by atoms with Gasteiger partial charge in [0.05, 0.1) is 11.1 Å². The molecule has 0 bridgehead atoms. The maximum absolute atomic E-state index is 5.72. The molecule has 114 valence electrons. The van der Waals surface area contributed by atoms with E-state index >= 15 is 0 Å². The van der Waals surface area contributed by atoms with Crippen LogP contribution in [0, 0.1) is 0 Å². The van der Waals surface area contributed by atoms with Crippen LogP contribution in [0.2, 0.25) is 0 Å². The first kappa shape index (κ1) is 18.3. The van der Waals surface area contributed by atoms with Crippen LogP contribution in [-0.4, -0.2) is 25.2 Å². The first-order valence-electron chi connectivity index (χ1n) is 6.99. The molecule has 0 atom stereocenters. The molecule has 1 N–H and O–H groups in total. The van der Waals surface area contributed by atoms with E-state index in [9.17, 15) is 0 Å². The summed E-state index contributed by atoms with van der Waals surface area (Å²) in [6.07, 6.45) is 6.02. The lowest BCUT2D eigenvalue weighted by Crippen LogP contribution is -2.15. The largest absolute Gasteiger partial charge is 0.492 e. The standard InChI is InChI=1S/C15H23Br2NOS/c1-3-19-15-12(9-13(16)10-14(15)17)11-18-7-5-4-6-8-20-2/h9-10,18H,3-8,11H2,1-2H3. The van der Waals surface area contributed by atoms with Crippen molar-refractivity contribution < 1.29 is 4.74 Å². The zero-order chi connectivity index (χ0) is 14.8. The van der Waals surface area contributed by atoms with Gasteiger partial charge in [-0.25, -0.2) is 0 Å². The van der Waals surface area contributed by atoms with E-state index in [0.717, 1.165) is 27.8 Å². The van der Waals surface area contributed by atoms with E-state index in [0.29, 0.717) is 6.61 Å². The topological polar surface area (TPSA) is 21.3 Å². The van der Waals surface area contributed by atoms with Crippen LogP contribution in [0.25, 0.3) is 0 Å². The molecule has 0 aliphatic rings. The number of ether oxygens (including phenoxy) is 1. The molecule has 0 aromatic heterocycles. The van der Waals surface area contributed by atoms with Crippen LogP contribution in [0.1, 0.15) is 31.7 Å². The van der Waals surface area contributed by atoms with Crippen molar-refractivity contribution in [2.24, 2.45) is 0 Å². The molecule has 0 aliphatic carbocycles. The van der Waals surface area contributed by atoms with Crippen LogP contribution < -0.4 is 10.1 Å². The molecule has 0 saturated carbocycles. The second kappa shape index (κ2) is 10.9. The van der Waals surface area contributed by atoms with Crippen LogP contribution in [-0.2, 0) is 6.54 Å². The molecule has 0 fully saturated rings. The van der Waals surface area contributed by atoms with E-state index in [-0.39, 0.29) is 0 Å². The lowest BCUT2D eigenvalue weighted by molar-refractivity contribution is 0.333. The summed E-state index contributed by atoms with van der Waals surface area (Å²) in [6.45, 7) is 4.60. The molecular weight excluding hydrogens is 402 g/mol. The quantitative estimate of drug-likeness (QED) is 0.519. The summed E-state index contributed by atoms with van der Waals surface area (Å²) in [4.78, 5) is 0. The predicted octanol–water partition coefficient (Wildman–Crippen LogP) is 5.23. The Hall–Kier alpha value is 0.290. The van der Waals surface area contributed by atoms with Crippen LogP contribution in [0.3, 0.4) is 0 Å². The Balaban J connectivity index is 2.42. The van der Waals surface area contributed by atoms with Crippen molar-refractivity contribution in [3.05, 3.63) is 26.6 Å². The molecule has 20 heavy (non-hydrogen) atoms. The average molecular weight is 425 g/mol. The summed E-state index contributed by atoms with van der Waals surface area (Å²) in [6, 6.07) is 4.15. The van der Waals surface area contributed by atoms with E-state index in [4.69, 9.17) is 4.74 Å². The van der Waals surface area contributed by atoms with Crippen molar-refractivity contribution in [2.75, 3.05) is 25.2 Å². The van der Waals surface area contributed by atoms with Gasteiger partial charge >= 0.3 is 0 Å². The number of benzene rings is 1. The lowest BCUT2D eigenvalue weighted by atomic mass is 10.2. The van der Waals surface area contributed by atoms with E-state index in [1.165, 1.54) is 30.6 Å². The van der Waals surface area contributed by atoms with E-state index in [1.807, 2.05) is 24.8 Å². The van der Waals surface area contributed by atoms with Crippen molar-refractivity contribution >= 4 is 43.6 Å². The van der Waals surface area contributed by atoms with Gasteiger partial charge in [-0.15, -0.1) is 0 Å². The summed E-state index contributed by atoms with van der Waals surface area (Å²) in [7, 11) is 0. The molecule has 0 heterocycles. The van der Waals surface area contributed by atoms with E-state index in [1.54, 1.807) is 0 Å². The summed E-state index contributed by atoms with van der Waals surface area (Å²) in [5.41, 5.74) is 1.19. The van der Waals surface area contributed by atoms with Crippen molar-refractivity contribution in [1.82, 2.24) is 5.32 Å². The Bertz CT molecular complexity index is 402. The van der Waals surface area contributed by atoms with Gasteiger partial charge in [0, 0.05) is 16.6 Å². The van der Waals surface area contributed by atoms with E-state index in [2.05, 4.69) is 49.5 Å².